The summed E-state index contributed by atoms with van der Waals surface area (Å²) in [6.45, 7) is 0. The molecule has 0 saturated heterocycles. The van der Waals surface area contributed by atoms with E-state index in [4.69, 9.17) is 0 Å². The Hall–Kier alpha value is -2.25. The van der Waals surface area contributed by atoms with Crippen LogP contribution in [0, 0.1) is 12.0 Å². The Morgan fingerprint density at radius 2 is 1.68 bits per heavy atom. The van der Waals surface area contributed by atoms with Gasteiger partial charge >= 0.3 is 12.4 Å². The molecule has 0 unspecified atom stereocenters. The molecule has 8 heteroatoms. The van der Waals surface area contributed by atoms with Crippen molar-refractivity contribution in [3.8, 4) is 16.9 Å². The lowest BCUT2D eigenvalue weighted by Crippen LogP contribution is -2.17. The zero-order chi connectivity index (χ0) is 14.0. The Morgan fingerprint density at radius 3 is 2.32 bits per heavy atom. The number of alkyl halides is 3. The molecule has 0 spiro atoms. The van der Waals surface area contributed by atoms with Crippen LogP contribution in [-0.4, -0.2) is 16.3 Å². The van der Waals surface area contributed by atoms with Gasteiger partial charge in [-0.15, -0.1) is 13.2 Å². The molecule has 0 aliphatic heterocycles. The Labute approximate surface area is 103 Å². The molecule has 0 aliphatic carbocycles. The second-order valence-corrected chi connectivity index (χ2v) is 3.39. The van der Waals surface area contributed by atoms with Crippen molar-refractivity contribution in [1.29, 1.82) is 0 Å². The molecule has 0 bridgehead atoms. The first-order chi connectivity index (χ1) is 8.87. The second-order valence-electron chi connectivity index (χ2n) is 3.39. The average Bonchev–Trinajstić information content (AvgIpc) is 2.28. The molecule has 0 radical (unpaired) electrons. The molecule has 19 heavy (non-hydrogen) atoms. The molecule has 0 fully saturated rings. The van der Waals surface area contributed by atoms with Gasteiger partial charge in [-0.25, -0.2) is 4.98 Å². The largest absolute Gasteiger partial charge is 0.573 e. The lowest BCUT2D eigenvalue weighted by Gasteiger charge is -2.13. The number of aromatic nitrogens is 2. The summed E-state index contributed by atoms with van der Waals surface area (Å²) in [4.78, 5) is 5.91. The monoisotopic (exact) mass is 276 g/mol. The first-order valence-electron chi connectivity index (χ1n) is 4.90. The van der Waals surface area contributed by atoms with Crippen LogP contribution in [0.5, 0.6) is 5.75 Å². The quantitative estimate of drug-likeness (QED) is 0.479. The van der Waals surface area contributed by atoms with E-state index in [1.54, 1.807) is 0 Å². The van der Waals surface area contributed by atoms with E-state index in [1.807, 2.05) is 0 Å². The molecule has 2 rings (SSSR count). The van der Waals surface area contributed by atoms with Gasteiger partial charge in [0, 0.05) is 11.8 Å². The first-order valence-corrected chi connectivity index (χ1v) is 4.90. The topological polar surface area (TPSA) is 35.0 Å². The maximum absolute atomic E-state index is 13.4. The van der Waals surface area contributed by atoms with Crippen molar-refractivity contribution in [1.82, 2.24) is 9.97 Å². The fourth-order valence-corrected chi connectivity index (χ4v) is 1.42. The molecule has 1 heterocycles. The number of rotatable bonds is 2. The summed E-state index contributed by atoms with van der Waals surface area (Å²) in [5, 5.41) is 0. The maximum atomic E-state index is 13.4. The highest BCUT2D eigenvalue weighted by molar-refractivity contribution is 5.69. The van der Waals surface area contributed by atoms with Crippen LogP contribution in [0.25, 0.3) is 11.1 Å². The van der Waals surface area contributed by atoms with E-state index in [-0.39, 0.29) is 11.1 Å². The number of halogens is 5. The summed E-state index contributed by atoms with van der Waals surface area (Å²) in [6.07, 6.45) is -5.49. The molecular weight excluding hydrogens is 271 g/mol. The standard InChI is InChI=1S/C11H5F5N2O/c12-9-7(5-17-10(13)18-9)6-3-1-2-4-8(6)19-11(14,15)16/h1-5H. The third kappa shape index (κ3) is 3.15. The lowest BCUT2D eigenvalue weighted by atomic mass is 10.1. The van der Waals surface area contributed by atoms with Crippen molar-refractivity contribution in [2.24, 2.45) is 0 Å². The minimum Gasteiger partial charge on any atom is -0.405 e. The predicted molar refractivity (Wildman–Crippen MR) is 54.1 cm³/mol. The molecule has 0 aliphatic rings. The van der Waals surface area contributed by atoms with E-state index in [9.17, 15) is 22.0 Å². The van der Waals surface area contributed by atoms with Crippen LogP contribution >= 0.6 is 0 Å². The van der Waals surface area contributed by atoms with Crippen LogP contribution in [-0.2, 0) is 0 Å². The van der Waals surface area contributed by atoms with E-state index in [2.05, 4.69) is 14.7 Å². The van der Waals surface area contributed by atoms with Crippen LogP contribution in [0.3, 0.4) is 0 Å². The van der Waals surface area contributed by atoms with E-state index in [0.717, 1.165) is 12.3 Å². The van der Waals surface area contributed by atoms with Crippen LogP contribution < -0.4 is 4.74 Å². The zero-order valence-corrected chi connectivity index (χ0v) is 9.08. The Morgan fingerprint density at radius 1 is 1.00 bits per heavy atom. The zero-order valence-electron chi connectivity index (χ0n) is 9.08. The van der Waals surface area contributed by atoms with Gasteiger partial charge in [0.2, 0.25) is 5.95 Å². The van der Waals surface area contributed by atoms with Gasteiger partial charge < -0.3 is 4.74 Å². The van der Waals surface area contributed by atoms with Gasteiger partial charge in [-0.1, -0.05) is 18.2 Å². The van der Waals surface area contributed by atoms with Gasteiger partial charge in [-0.3, -0.25) is 0 Å². The SMILES string of the molecule is Fc1ncc(-c2ccccc2OC(F)(F)F)c(F)n1. The summed E-state index contributed by atoms with van der Waals surface area (Å²) < 4.78 is 66.3. The molecule has 1 aromatic heterocycles. The van der Waals surface area contributed by atoms with Gasteiger partial charge in [0.05, 0.1) is 5.56 Å². The highest BCUT2D eigenvalue weighted by Gasteiger charge is 2.32. The molecule has 2 aromatic rings. The molecule has 0 saturated carbocycles. The summed E-state index contributed by atoms with van der Waals surface area (Å²) in [5.41, 5.74) is -0.612. The second kappa shape index (κ2) is 4.79. The molecular formula is C11H5F5N2O. The fourth-order valence-electron chi connectivity index (χ4n) is 1.42. The molecule has 0 amide bonds. The van der Waals surface area contributed by atoms with Crippen molar-refractivity contribution >= 4 is 0 Å². The van der Waals surface area contributed by atoms with Gasteiger partial charge in [-0.2, -0.15) is 13.8 Å². The van der Waals surface area contributed by atoms with Crippen LogP contribution in [0.1, 0.15) is 0 Å². The summed E-state index contributed by atoms with van der Waals surface area (Å²) in [6, 6.07) is 4.85. The van der Waals surface area contributed by atoms with E-state index < -0.39 is 24.1 Å². The maximum Gasteiger partial charge on any atom is 0.573 e. The number of nitrogens with zero attached hydrogens (tertiary/aromatic N) is 2. The fraction of sp³-hybridized carbons (Fsp3) is 0.0909. The Bertz CT molecular complexity index is 600. The molecule has 100 valence electrons. The van der Waals surface area contributed by atoms with Crippen molar-refractivity contribution in [2.45, 2.75) is 6.36 Å². The third-order valence-electron chi connectivity index (χ3n) is 2.12. The Kier molecular flexibility index (Phi) is 3.32. The number of benzene rings is 1. The lowest BCUT2D eigenvalue weighted by molar-refractivity contribution is -0.274. The minimum atomic E-state index is -4.92. The molecule has 1 aromatic carbocycles. The summed E-state index contributed by atoms with van der Waals surface area (Å²) in [5.74, 6) is -1.89. The van der Waals surface area contributed by atoms with Crippen molar-refractivity contribution in [3.63, 3.8) is 0 Å². The van der Waals surface area contributed by atoms with Crippen LogP contribution in [0.4, 0.5) is 22.0 Å². The average molecular weight is 276 g/mol. The molecule has 3 nitrogen and oxygen atoms in total. The van der Waals surface area contributed by atoms with E-state index in [0.29, 0.717) is 0 Å². The normalized spacial score (nSPS) is 11.4. The predicted octanol–water partition coefficient (Wildman–Crippen LogP) is 3.32. The first kappa shape index (κ1) is 13.2. The van der Waals surface area contributed by atoms with Gasteiger partial charge in [0.25, 0.3) is 0 Å². The highest BCUT2D eigenvalue weighted by Crippen LogP contribution is 2.34. The molecule has 0 N–H and O–H groups in total. The van der Waals surface area contributed by atoms with Crippen molar-refractivity contribution in [2.75, 3.05) is 0 Å². The number of hydrogen-bond donors (Lipinski definition) is 0. The number of para-hydroxylation sites is 1. The Balaban J connectivity index is 2.50. The third-order valence-corrected chi connectivity index (χ3v) is 2.12. The van der Waals surface area contributed by atoms with E-state index >= 15 is 0 Å². The van der Waals surface area contributed by atoms with E-state index in [1.165, 1.54) is 18.2 Å². The van der Waals surface area contributed by atoms with Crippen molar-refractivity contribution in [3.05, 3.63) is 42.5 Å². The van der Waals surface area contributed by atoms with Crippen LogP contribution in [0.15, 0.2) is 30.5 Å². The highest BCUT2D eigenvalue weighted by atomic mass is 19.4. The number of ether oxygens (including phenoxy) is 1. The summed E-state index contributed by atoms with van der Waals surface area (Å²) >= 11 is 0. The van der Waals surface area contributed by atoms with Gasteiger partial charge in [0.1, 0.15) is 5.75 Å². The summed E-state index contributed by atoms with van der Waals surface area (Å²) in [7, 11) is 0. The van der Waals surface area contributed by atoms with Gasteiger partial charge in [0.15, 0.2) is 0 Å². The smallest absolute Gasteiger partial charge is 0.405 e. The van der Waals surface area contributed by atoms with Crippen LogP contribution in [0.2, 0.25) is 0 Å². The molecule has 0 atom stereocenters. The number of hydrogen-bond acceptors (Lipinski definition) is 3. The van der Waals surface area contributed by atoms with Crippen molar-refractivity contribution < 1.29 is 26.7 Å². The van der Waals surface area contributed by atoms with Gasteiger partial charge in [-0.05, 0) is 6.07 Å². The minimum absolute atomic E-state index is 0.225.